The van der Waals surface area contributed by atoms with E-state index in [1.54, 1.807) is 37.4 Å². The van der Waals surface area contributed by atoms with E-state index in [9.17, 15) is 4.79 Å². The maximum atomic E-state index is 12.3. The maximum Gasteiger partial charge on any atom is 0.261 e. The molecule has 1 amide bonds. The Morgan fingerprint density at radius 2 is 1.93 bits per heavy atom. The zero-order chi connectivity index (χ0) is 20.2. The van der Waals surface area contributed by atoms with Crippen LogP contribution in [-0.2, 0) is 4.79 Å². The van der Waals surface area contributed by atoms with Crippen molar-refractivity contribution in [3.8, 4) is 11.5 Å². The number of anilines is 2. The molecule has 0 saturated carbocycles. The molecule has 1 aliphatic rings. The molecule has 0 spiro atoms. The molecule has 3 heterocycles. The number of piperazine rings is 1. The molecule has 0 atom stereocenters. The van der Waals surface area contributed by atoms with Crippen LogP contribution in [-0.4, -0.2) is 58.7 Å². The first-order valence-corrected chi connectivity index (χ1v) is 9.75. The molecule has 1 saturated heterocycles. The average molecular weight is 413 g/mol. The highest BCUT2D eigenvalue weighted by molar-refractivity contribution is 6.30. The number of aromatic nitrogens is 3. The summed E-state index contributed by atoms with van der Waals surface area (Å²) >= 11 is 5.88. The second kappa shape index (κ2) is 8.59. The van der Waals surface area contributed by atoms with Crippen molar-refractivity contribution in [2.45, 2.75) is 6.92 Å². The second-order valence-electron chi connectivity index (χ2n) is 6.84. The van der Waals surface area contributed by atoms with Crippen LogP contribution in [0.4, 0.5) is 11.5 Å². The van der Waals surface area contributed by atoms with Crippen LogP contribution in [0.2, 0.25) is 5.02 Å². The number of hydrogen-bond donors (Lipinski definition) is 1. The van der Waals surface area contributed by atoms with Gasteiger partial charge in [0.25, 0.3) is 5.89 Å². The van der Waals surface area contributed by atoms with Crippen LogP contribution < -0.4 is 10.2 Å². The van der Waals surface area contributed by atoms with Crippen molar-refractivity contribution >= 4 is 29.0 Å². The minimum absolute atomic E-state index is 0.0411. The SMILES string of the molecule is Cc1noc(-c2cccnc2N2CCN(CC(=O)Nc3ccc(Cl)cc3)CC2)n1. The molecule has 1 aromatic carbocycles. The summed E-state index contributed by atoms with van der Waals surface area (Å²) in [6, 6.07) is 10.9. The Bertz CT molecular complexity index is 983. The van der Waals surface area contributed by atoms with E-state index in [4.69, 9.17) is 16.1 Å². The Hall–Kier alpha value is -2.97. The number of nitrogens with zero attached hydrogens (tertiary/aromatic N) is 5. The molecule has 0 aliphatic carbocycles. The lowest BCUT2D eigenvalue weighted by Crippen LogP contribution is -2.49. The molecule has 0 unspecified atom stereocenters. The van der Waals surface area contributed by atoms with Crippen molar-refractivity contribution < 1.29 is 9.32 Å². The number of nitrogens with one attached hydrogen (secondary N) is 1. The molecular formula is C20H21ClN6O2. The highest BCUT2D eigenvalue weighted by atomic mass is 35.5. The van der Waals surface area contributed by atoms with E-state index in [0.29, 0.717) is 23.3 Å². The van der Waals surface area contributed by atoms with Gasteiger partial charge in [0.05, 0.1) is 12.1 Å². The largest absolute Gasteiger partial charge is 0.353 e. The Morgan fingerprint density at radius 3 is 2.62 bits per heavy atom. The normalized spacial score (nSPS) is 14.8. The number of carbonyl (C=O) groups is 1. The highest BCUT2D eigenvalue weighted by Gasteiger charge is 2.23. The highest BCUT2D eigenvalue weighted by Crippen LogP contribution is 2.28. The molecule has 1 aliphatic heterocycles. The summed E-state index contributed by atoms with van der Waals surface area (Å²) in [5, 5.41) is 7.41. The lowest BCUT2D eigenvalue weighted by atomic mass is 10.2. The van der Waals surface area contributed by atoms with Crippen LogP contribution in [0.5, 0.6) is 0 Å². The van der Waals surface area contributed by atoms with Crippen molar-refractivity contribution in [1.29, 1.82) is 0 Å². The van der Waals surface area contributed by atoms with Gasteiger partial charge in [0.15, 0.2) is 5.82 Å². The van der Waals surface area contributed by atoms with Gasteiger partial charge >= 0.3 is 0 Å². The van der Waals surface area contributed by atoms with Crippen molar-refractivity contribution in [3.63, 3.8) is 0 Å². The first-order chi connectivity index (χ1) is 14.1. The van der Waals surface area contributed by atoms with Gasteiger partial charge in [0, 0.05) is 43.1 Å². The third-order valence-electron chi connectivity index (χ3n) is 4.71. The third-order valence-corrected chi connectivity index (χ3v) is 4.96. The summed E-state index contributed by atoms with van der Waals surface area (Å²) in [4.78, 5) is 25.5. The van der Waals surface area contributed by atoms with Crippen LogP contribution in [0.3, 0.4) is 0 Å². The quantitative estimate of drug-likeness (QED) is 0.689. The molecule has 3 aromatic rings. The molecular weight excluding hydrogens is 392 g/mol. The Balaban J connectivity index is 1.35. The van der Waals surface area contributed by atoms with E-state index in [2.05, 4.69) is 30.2 Å². The Kier molecular flexibility index (Phi) is 5.73. The molecule has 9 heteroatoms. The number of carbonyl (C=O) groups excluding carboxylic acids is 1. The van der Waals surface area contributed by atoms with Crippen LogP contribution in [0.1, 0.15) is 5.82 Å². The minimum Gasteiger partial charge on any atom is -0.353 e. The molecule has 1 N–H and O–H groups in total. The van der Waals surface area contributed by atoms with E-state index < -0.39 is 0 Å². The first-order valence-electron chi connectivity index (χ1n) is 9.37. The molecule has 29 heavy (non-hydrogen) atoms. The van der Waals surface area contributed by atoms with Gasteiger partial charge in [-0.15, -0.1) is 0 Å². The van der Waals surface area contributed by atoms with E-state index in [-0.39, 0.29) is 5.91 Å². The van der Waals surface area contributed by atoms with Crippen molar-refractivity contribution in [2.24, 2.45) is 0 Å². The van der Waals surface area contributed by atoms with Crippen molar-refractivity contribution in [1.82, 2.24) is 20.0 Å². The number of rotatable bonds is 5. The van der Waals surface area contributed by atoms with Gasteiger partial charge in [-0.2, -0.15) is 4.98 Å². The van der Waals surface area contributed by atoms with Gasteiger partial charge < -0.3 is 14.7 Å². The summed E-state index contributed by atoms with van der Waals surface area (Å²) in [7, 11) is 0. The average Bonchev–Trinajstić information content (AvgIpc) is 3.16. The predicted molar refractivity (Wildman–Crippen MR) is 111 cm³/mol. The van der Waals surface area contributed by atoms with Gasteiger partial charge in [0.2, 0.25) is 5.91 Å². The summed E-state index contributed by atoms with van der Waals surface area (Å²) in [5.41, 5.74) is 1.56. The number of pyridine rings is 1. The van der Waals surface area contributed by atoms with Gasteiger partial charge in [-0.3, -0.25) is 9.69 Å². The number of aryl methyl sites for hydroxylation is 1. The fourth-order valence-corrected chi connectivity index (χ4v) is 3.40. The van der Waals surface area contributed by atoms with Gasteiger partial charge in [0.1, 0.15) is 5.82 Å². The molecule has 150 valence electrons. The Labute approximate surface area is 173 Å². The zero-order valence-electron chi connectivity index (χ0n) is 16.0. The third kappa shape index (κ3) is 4.72. The van der Waals surface area contributed by atoms with Crippen molar-refractivity contribution in [3.05, 3.63) is 53.4 Å². The summed E-state index contributed by atoms with van der Waals surface area (Å²) in [6.07, 6.45) is 1.76. The van der Waals surface area contributed by atoms with E-state index in [1.807, 2.05) is 12.1 Å². The number of benzene rings is 1. The van der Waals surface area contributed by atoms with Crippen LogP contribution >= 0.6 is 11.6 Å². The molecule has 4 rings (SSSR count). The maximum absolute atomic E-state index is 12.3. The standard InChI is InChI=1S/C20H21ClN6O2/c1-14-23-20(29-25-14)17-3-2-8-22-19(17)27-11-9-26(10-12-27)13-18(28)24-16-6-4-15(21)5-7-16/h2-8H,9-13H2,1H3,(H,24,28). The fourth-order valence-electron chi connectivity index (χ4n) is 3.28. The second-order valence-corrected chi connectivity index (χ2v) is 7.28. The fraction of sp³-hybridized carbons (Fsp3) is 0.300. The van der Waals surface area contributed by atoms with Crippen molar-refractivity contribution in [2.75, 3.05) is 42.9 Å². The smallest absolute Gasteiger partial charge is 0.261 e. The van der Waals surface area contributed by atoms with Crippen LogP contribution in [0.25, 0.3) is 11.5 Å². The van der Waals surface area contributed by atoms with E-state index >= 15 is 0 Å². The molecule has 0 bridgehead atoms. The van der Waals surface area contributed by atoms with Crippen LogP contribution in [0, 0.1) is 6.92 Å². The minimum atomic E-state index is -0.0411. The molecule has 0 radical (unpaired) electrons. The lowest BCUT2D eigenvalue weighted by molar-refractivity contribution is -0.117. The summed E-state index contributed by atoms with van der Waals surface area (Å²) in [6.45, 7) is 5.15. The Morgan fingerprint density at radius 1 is 1.17 bits per heavy atom. The first kappa shape index (κ1) is 19.4. The summed E-state index contributed by atoms with van der Waals surface area (Å²) < 4.78 is 5.32. The van der Waals surface area contributed by atoms with Gasteiger partial charge in [-0.25, -0.2) is 4.98 Å². The topological polar surface area (TPSA) is 87.4 Å². The number of amides is 1. The monoisotopic (exact) mass is 412 g/mol. The summed E-state index contributed by atoms with van der Waals surface area (Å²) in [5.74, 6) is 1.84. The lowest BCUT2D eigenvalue weighted by Gasteiger charge is -2.35. The molecule has 8 nitrogen and oxygen atoms in total. The van der Waals surface area contributed by atoms with Gasteiger partial charge in [-0.05, 0) is 43.3 Å². The molecule has 1 fully saturated rings. The van der Waals surface area contributed by atoms with Gasteiger partial charge in [-0.1, -0.05) is 16.8 Å². The zero-order valence-corrected chi connectivity index (χ0v) is 16.8. The number of halogens is 1. The molecule has 2 aromatic heterocycles. The van der Waals surface area contributed by atoms with Crippen LogP contribution in [0.15, 0.2) is 47.1 Å². The predicted octanol–water partition coefficient (Wildman–Crippen LogP) is 2.85. The van der Waals surface area contributed by atoms with E-state index in [0.717, 1.165) is 43.2 Å². The number of hydrogen-bond acceptors (Lipinski definition) is 7. The van der Waals surface area contributed by atoms with E-state index in [1.165, 1.54) is 0 Å².